The van der Waals surface area contributed by atoms with Gasteiger partial charge in [-0.25, -0.2) is 4.79 Å². The molecule has 0 radical (unpaired) electrons. The number of ether oxygens (including phenoxy) is 1. The van der Waals surface area contributed by atoms with Crippen LogP contribution in [0.3, 0.4) is 0 Å². The van der Waals surface area contributed by atoms with E-state index in [-0.39, 0.29) is 18.1 Å². The third-order valence-corrected chi connectivity index (χ3v) is 5.00. The van der Waals surface area contributed by atoms with Gasteiger partial charge in [-0.2, -0.15) is 0 Å². The molecule has 0 unspecified atom stereocenters. The van der Waals surface area contributed by atoms with Gasteiger partial charge in [-0.1, -0.05) is 30.3 Å². The Morgan fingerprint density at radius 1 is 1.19 bits per heavy atom. The molecule has 0 saturated carbocycles. The number of non-ortho nitro benzene ring substituents is 1. The molecule has 1 heterocycles. The summed E-state index contributed by atoms with van der Waals surface area (Å²) >= 11 is 0. The standard InChI is InChI=1S/C23H27N3O5/c1-23(2,3)31-22(28)24-14-17-7-4-5-8-18(17)15-25-12-6-9-16-10-11-19(26(29)30)13-20(16)21(25)27/h4-5,7-8,10-11,13H,6,9,12,14-15H2,1-3H3,(H,24,28). The van der Waals surface area contributed by atoms with Gasteiger partial charge in [0.2, 0.25) is 0 Å². The maximum atomic E-state index is 13.2. The molecule has 0 spiro atoms. The van der Waals surface area contributed by atoms with Gasteiger partial charge in [0.1, 0.15) is 5.60 Å². The van der Waals surface area contributed by atoms with Gasteiger partial charge in [0.15, 0.2) is 0 Å². The Labute approximate surface area is 181 Å². The largest absolute Gasteiger partial charge is 0.444 e. The topological polar surface area (TPSA) is 102 Å². The predicted molar refractivity (Wildman–Crippen MR) is 116 cm³/mol. The molecule has 0 atom stereocenters. The van der Waals surface area contributed by atoms with Crippen LogP contribution in [0.5, 0.6) is 0 Å². The Balaban J connectivity index is 1.77. The smallest absolute Gasteiger partial charge is 0.407 e. The summed E-state index contributed by atoms with van der Waals surface area (Å²) in [6.07, 6.45) is 0.959. The molecule has 0 saturated heterocycles. The number of alkyl carbamates (subject to hydrolysis) is 1. The Hall–Kier alpha value is -3.42. The second kappa shape index (κ2) is 9.16. The third-order valence-electron chi connectivity index (χ3n) is 5.00. The number of hydrogen-bond donors (Lipinski definition) is 1. The zero-order valence-electron chi connectivity index (χ0n) is 18.0. The molecule has 8 heteroatoms. The van der Waals surface area contributed by atoms with Crippen LogP contribution in [-0.2, 0) is 24.2 Å². The number of hydrogen-bond acceptors (Lipinski definition) is 5. The molecule has 3 rings (SSSR count). The van der Waals surface area contributed by atoms with E-state index < -0.39 is 16.6 Å². The van der Waals surface area contributed by atoms with E-state index >= 15 is 0 Å². The highest BCUT2D eigenvalue weighted by Gasteiger charge is 2.25. The molecular formula is C23H27N3O5. The molecule has 0 fully saturated rings. The van der Waals surface area contributed by atoms with Crippen molar-refractivity contribution >= 4 is 17.7 Å². The van der Waals surface area contributed by atoms with Crippen LogP contribution < -0.4 is 5.32 Å². The first-order valence-electron chi connectivity index (χ1n) is 10.2. The van der Waals surface area contributed by atoms with Crippen LogP contribution >= 0.6 is 0 Å². The first kappa shape index (κ1) is 22.3. The van der Waals surface area contributed by atoms with Crippen LogP contribution in [0.2, 0.25) is 0 Å². The molecule has 1 aliphatic rings. The minimum Gasteiger partial charge on any atom is -0.444 e. The van der Waals surface area contributed by atoms with Gasteiger partial charge < -0.3 is 15.0 Å². The van der Waals surface area contributed by atoms with Crippen molar-refractivity contribution in [2.24, 2.45) is 0 Å². The maximum Gasteiger partial charge on any atom is 0.407 e. The summed E-state index contributed by atoms with van der Waals surface area (Å²) in [7, 11) is 0. The van der Waals surface area contributed by atoms with E-state index in [1.165, 1.54) is 12.1 Å². The number of amides is 2. The highest BCUT2D eigenvalue weighted by Crippen LogP contribution is 2.25. The van der Waals surface area contributed by atoms with E-state index in [9.17, 15) is 19.7 Å². The number of aryl methyl sites for hydroxylation is 1. The second-order valence-corrected chi connectivity index (χ2v) is 8.55. The molecule has 8 nitrogen and oxygen atoms in total. The van der Waals surface area contributed by atoms with Gasteiger partial charge in [-0.15, -0.1) is 0 Å². The number of rotatable bonds is 5. The zero-order chi connectivity index (χ0) is 22.6. The van der Waals surface area contributed by atoms with Crippen molar-refractivity contribution in [2.75, 3.05) is 6.54 Å². The number of nitrogens with one attached hydrogen (secondary N) is 1. The Morgan fingerprint density at radius 2 is 1.90 bits per heavy atom. The highest BCUT2D eigenvalue weighted by molar-refractivity contribution is 5.96. The molecule has 1 aliphatic heterocycles. The van der Waals surface area contributed by atoms with E-state index in [2.05, 4.69) is 5.32 Å². The first-order chi connectivity index (χ1) is 14.6. The molecule has 0 aromatic heterocycles. The number of nitrogens with zero attached hydrogens (tertiary/aromatic N) is 2. The summed E-state index contributed by atoms with van der Waals surface area (Å²) in [6, 6.07) is 12.1. The summed E-state index contributed by atoms with van der Waals surface area (Å²) in [6.45, 7) is 6.58. The summed E-state index contributed by atoms with van der Waals surface area (Å²) < 4.78 is 5.28. The minimum absolute atomic E-state index is 0.0871. The monoisotopic (exact) mass is 425 g/mol. The second-order valence-electron chi connectivity index (χ2n) is 8.55. The van der Waals surface area contributed by atoms with Crippen molar-refractivity contribution in [3.8, 4) is 0 Å². The number of nitro benzene ring substituents is 1. The SMILES string of the molecule is CC(C)(C)OC(=O)NCc1ccccc1CN1CCCc2ccc([N+](=O)[O-])cc2C1=O. The lowest BCUT2D eigenvalue weighted by atomic mass is 10.0. The van der Waals surface area contributed by atoms with Crippen LogP contribution in [0.4, 0.5) is 10.5 Å². The van der Waals surface area contributed by atoms with Gasteiger partial charge in [0.25, 0.3) is 11.6 Å². The fraction of sp³-hybridized carbons (Fsp3) is 0.391. The lowest BCUT2D eigenvalue weighted by Crippen LogP contribution is -2.33. The average Bonchev–Trinajstić information content (AvgIpc) is 2.85. The number of benzene rings is 2. The Bertz CT molecular complexity index is 997. The summed E-state index contributed by atoms with van der Waals surface area (Å²) in [5, 5.41) is 13.9. The molecule has 0 aliphatic carbocycles. The fourth-order valence-corrected chi connectivity index (χ4v) is 3.55. The molecular weight excluding hydrogens is 398 g/mol. The number of fused-ring (bicyclic) bond motifs is 1. The van der Waals surface area contributed by atoms with Gasteiger partial charge in [-0.05, 0) is 50.3 Å². The molecule has 0 bridgehead atoms. The molecule has 164 valence electrons. The predicted octanol–water partition coefficient (Wildman–Crippen LogP) is 4.21. The number of carbonyl (C=O) groups is 2. The van der Waals surface area contributed by atoms with Crippen molar-refractivity contribution in [2.45, 2.75) is 52.3 Å². The van der Waals surface area contributed by atoms with Gasteiger partial charge in [0, 0.05) is 37.3 Å². The molecule has 2 amide bonds. The maximum absolute atomic E-state index is 13.2. The Morgan fingerprint density at radius 3 is 2.58 bits per heavy atom. The van der Waals surface area contributed by atoms with Crippen molar-refractivity contribution in [1.29, 1.82) is 0 Å². The van der Waals surface area contributed by atoms with Crippen LogP contribution in [-0.4, -0.2) is 34.0 Å². The van der Waals surface area contributed by atoms with Gasteiger partial charge in [0.05, 0.1) is 4.92 Å². The van der Waals surface area contributed by atoms with Crippen molar-refractivity contribution in [3.05, 3.63) is 74.8 Å². The molecule has 2 aromatic rings. The molecule has 2 aromatic carbocycles. The number of carbonyl (C=O) groups excluding carboxylic acids is 2. The lowest BCUT2D eigenvalue weighted by molar-refractivity contribution is -0.384. The van der Waals surface area contributed by atoms with E-state index in [4.69, 9.17) is 4.74 Å². The summed E-state index contributed by atoms with van der Waals surface area (Å²) in [5.41, 5.74) is 2.33. The van der Waals surface area contributed by atoms with E-state index in [1.807, 2.05) is 24.3 Å². The minimum atomic E-state index is -0.585. The lowest BCUT2D eigenvalue weighted by Gasteiger charge is -2.23. The van der Waals surface area contributed by atoms with Crippen molar-refractivity contribution in [1.82, 2.24) is 10.2 Å². The fourth-order valence-electron chi connectivity index (χ4n) is 3.55. The quantitative estimate of drug-likeness (QED) is 0.571. The average molecular weight is 425 g/mol. The summed E-state index contributed by atoms with van der Waals surface area (Å²) in [5.74, 6) is -0.217. The first-order valence-corrected chi connectivity index (χ1v) is 10.2. The van der Waals surface area contributed by atoms with Gasteiger partial charge in [-0.3, -0.25) is 14.9 Å². The van der Waals surface area contributed by atoms with E-state index in [0.717, 1.165) is 23.1 Å². The van der Waals surface area contributed by atoms with E-state index in [1.54, 1.807) is 31.7 Å². The normalized spacial score (nSPS) is 13.9. The third kappa shape index (κ3) is 5.81. The van der Waals surface area contributed by atoms with Gasteiger partial charge >= 0.3 is 6.09 Å². The molecule has 31 heavy (non-hydrogen) atoms. The van der Waals surface area contributed by atoms with Crippen LogP contribution in [0.25, 0.3) is 0 Å². The van der Waals surface area contributed by atoms with E-state index in [0.29, 0.717) is 25.1 Å². The van der Waals surface area contributed by atoms with Crippen molar-refractivity contribution < 1.29 is 19.2 Å². The molecule has 1 N–H and O–H groups in total. The van der Waals surface area contributed by atoms with Crippen LogP contribution in [0, 0.1) is 10.1 Å². The van der Waals surface area contributed by atoms with Crippen LogP contribution in [0.15, 0.2) is 42.5 Å². The summed E-state index contributed by atoms with van der Waals surface area (Å²) in [4.78, 5) is 37.5. The van der Waals surface area contributed by atoms with Crippen LogP contribution in [0.1, 0.15) is 54.2 Å². The number of nitro groups is 1. The van der Waals surface area contributed by atoms with Crippen molar-refractivity contribution in [3.63, 3.8) is 0 Å². The highest BCUT2D eigenvalue weighted by atomic mass is 16.6. The Kier molecular flexibility index (Phi) is 6.58. The zero-order valence-corrected chi connectivity index (χ0v) is 18.0.